The van der Waals surface area contributed by atoms with Crippen LogP contribution < -0.4 is 4.74 Å². The first-order valence-corrected chi connectivity index (χ1v) is 10.5. The standard InChI is InChI=1S/C25H27ClN2O/c1-29-24-13-7-20(8-14-24)19-27-15-17-28(18-16-27)25(21-5-3-2-4-6-21)22-9-11-23(26)12-10-22/h2-14,25H,15-19H2,1H3. The molecule has 1 heterocycles. The Labute approximate surface area is 178 Å². The maximum atomic E-state index is 6.14. The van der Waals surface area contributed by atoms with Gasteiger partial charge in [0.1, 0.15) is 5.75 Å². The highest BCUT2D eigenvalue weighted by Crippen LogP contribution is 2.30. The third kappa shape index (κ3) is 4.99. The molecule has 1 atom stereocenters. The highest BCUT2D eigenvalue weighted by Gasteiger charge is 2.26. The number of rotatable bonds is 6. The summed E-state index contributed by atoms with van der Waals surface area (Å²) in [7, 11) is 1.71. The molecule has 4 heteroatoms. The van der Waals surface area contributed by atoms with Crippen molar-refractivity contribution in [3.8, 4) is 5.75 Å². The van der Waals surface area contributed by atoms with Gasteiger partial charge < -0.3 is 4.74 Å². The molecule has 1 aliphatic heterocycles. The van der Waals surface area contributed by atoms with Gasteiger partial charge in [-0.2, -0.15) is 0 Å². The van der Waals surface area contributed by atoms with E-state index in [4.69, 9.17) is 16.3 Å². The van der Waals surface area contributed by atoms with Crippen LogP contribution in [-0.2, 0) is 6.54 Å². The molecule has 0 saturated carbocycles. The molecule has 4 rings (SSSR count). The fourth-order valence-corrected chi connectivity index (χ4v) is 4.19. The third-order valence-corrected chi connectivity index (χ3v) is 5.89. The van der Waals surface area contributed by atoms with E-state index in [1.807, 2.05) is 24.3 Å². The Morgan fingerprint density at radius 2 is 1.41 bits per heavy atom. The van der Waals surface area contributed by atoms with Crippen LogP contribution in [0.5, 0.6) is 5.75 Å². The summed E-state index contributed by atoms with van der Waals surface area (Å²) >= 11 is 6.14. The fourth-order valence-electron chi connectivity index (χ4n) is 4.06. The van der Waals surface area contributed by atoms with Crippen molar-refractivity contribution < 1.29 is 4.74 Å². The predicted octanol–water partition coefficient (Wildman–Crippen LogP) is 5.26. The molecule has 0 aliphatic carbocycles. The van der Waals surface area contributed by atoms with E-state index in [-0.39, 0.29) is 6.04 Å². The second-order valence-electron chi connectivity index (χ2n) is 7.52. The van der Waals surface area contributed by atoms with Crippen LogP contribution in [0.1, 0.15) is 22.7 Å². The summed E-state index contributed by atoms with van der Waals surface area (Å²) in [6.45, 7) is 5.18. The van der Waals surface area contributed by atoms with Crippen LogP contribution in [0.15, 0.2) is 78.9 Å². The summed E-state index contributed by atoms with van der Waals surface area (Å²) in [6, 6.07) is 27.7. The van der Waals surface area contributed by atoms with Gasteiger partial charge in [0, 0.05) is 37.7 Å². The normalized spacial score (nSPS) is 16.5. The summed E-state index contributed by atoms with van der Waals surface area (Å²) in [5.74, 6) is 0.909. The number of methoxy groups -OCH3 is 1. The zero-order chi connectivity index (χ0) is 20.1. The van der Waals surface area contributed by atoms with Crippen LogP contribution in [0.25, 0.3) is 0 Å². The van der Waals surface area contributed by atoms with Crippen LogP contribution in [0.4, 0.5) is 0 Å². The smallest absolute Gasteiger partial charge is 0.118 e. The van der Waals surface area contributed by atoms with Gasteiger partial charge in [0.05, 0.1) is 13.2 Å². The number of ether oxygens (including phenoxy) is 1. The molecule has 0 radical (unpaired) electrons. The minimum atomic E-state index is 0.261. The minimum Gasteiger partial charge on any atom is -0.497 e. The summed E-state index contributed by atoms with van der Waals surface area (Å²) < 4.78 is 5.26. The molecule has 3 aromatic rings. The maximum absolute atomic E-state index is 6.14. The second kappa shape index (κ2) is 9.45. The van der Waals surface area contributed by atoms with Crippen LogP contribution >= 0.6 is 11.6 Å². The van der Waals surface area contributed by atoms with E-state index in [1.54, 1.807) is 7.11 Å². The lowest BCUT2D eigenvalue weighted by Gasteiger charge is -2.40. The summed E-state index contributed by atoms with van der Waals surface area (Å²) in [6.07, 6.45) is 0. The summed E-state index contributed by atoms with van der Waals surface area (Å²) in [4.78, 5) is 5.12. The van der Waals surface area contributed by atoms with Crippen molar-refractivity contribution in [2.24, 2.45) is 0 Å². The number of hydrogen-bond acceptors (Lipinski definition) is 3. The lowest BCUT2D eigenvalue weighted by atomic mass is 9.96. The van der Waals surface area contributed by atoms with Gasteiger partial charge in [0.2, 0.25) is 0 Å². The second-order valence-corrected chi connectivity index (χ2v) is 7.96. The van der Waals surface area contributed by atoms with Crippen LogP contribution in [0, 0.1) is 0 Å². The lowest BCUT2D eigenvalue weighted by Crippen LogP contribution is -2.47. The molecule has 0 amide bonds. The quantitative estimate of drug-likeness (QED) is 0.555. The van der Waals surface area contributed by atoms with Crippen molar-refractivity contribution in [3.63, 3.8) is 0 Å². The Morgan fingerprint density at radius 3 is 2.03 bits per heavy atom. The van der Waals surface area contributed by atoms with Gasteiger partial charge in [-0.25, -0.2) is 0 Å². The molecule has 0 aromatic heterocycles. The molecule has 0 N–H and O–H groups in total. The van der Waals surface area contributed by atoms with Gasteiger partial charge in [0.15, 0.2) is 0 Å². The van der Waals surface area contributed by atoms with E-state index >= 15 is 0 Å². The zero-order valence-electron chi connectivity index (χ0n) is 16.8. The topological polar surface area (TPSA) is 15.7 Å². The highest BCUT2D eigenvalue weighted by molar-refractivity contribution is 6.30. The van der Waals surface area contributed by atoms with Crippen molar-refractivity contribution in [2.45, 2.75) is 12.6 Å². The average Bonchev–Trinajstić information content (AvgIpc) is 2.78. The Bertz CT molecular complexity index is 888. The lowest BCUT2D eigenvalue weighted by molar-refractivity contribution is 0.105. The predicted molar refractivity (Wildman–Crippen MR) is 120 cm³/mol. The van der Waals surface area contributed by atoms with E-state index in [1.165, 1.54) is 16.7 Å². The average molecular weight is 407 g/mol. The van der Waals surface area contributed by atoms with Gasteiger partial charge in [-0.1, -0.05) is 66.2 Å². The number of piperazine rings is 1. The molecular formula is C25H27ClN2O. The number of benzene rings is 3. The van der Waals surface area contributed by atoms with Crippen molar-refractivity contribution in [1.29, 1.82) is 0 Å². The summed E-state index contributed by atoms with van der Waals surface area (Å²) in [5.41, 5.74) is 3.96. The Morgan fingerprint density at radius 1 is 0.793 bits per heavy atom. The van der Waals surface area contributed by atoms with Crippen molar-refractivity contribution in [3.05, 3.63) is 101 Å². The SMILES string of the molecule is COc1ccc(CN2CCN(C(c3ccccc3)c3ccc(Cl)cc3)CC2)cc1. The minimum absolute atomic E-state index is 0.261. The monoisotopic (exact) mass is 406 g/mol. The van der Waals surface area contributed by atoms with E-state index in [0.29, 0.717) is 0 Å². The Hall–Kier alpha value is -2.33. The van der Waals surface area contributed by atoms with Crippen molar-refractivity contribution >= 4 is 11.6 Å². The number of halogens is 1. The van der Waals surface area contributed by atoms with Crippen LogP contribution in [0.2, 0.25) is 5.02 Å². The Kier molecular flexibility index (Phi) is 6.50. The van der Waals surface area contributed by atoms with Gasteiger partial charge in [-0.15, -0.1) is 0 Å². The van der Waals surface area contributed by atoms with E-state index < -0.39 is 0 Å². The molecule has 3 aromatic carbocycles. The van der Waals surface area contributed by atoms with Gasteiger partial charge in [-0.3, -0.25) is 9.80 Å². The zero-order valence-corrected chi connectivity index (χ0v) is 17.6. The maximum Gasteiger partial charge on any atom is 0.118 e. The highest BCUT2D eigenvalue weighted by atomic mass is 35.5. The van der Waals surface area contributed by atoms with E-state index in [2.05, 4.69) is 64.4 Å². The fraction of sp³-hybridized carbons (Fsp3) is 0.280. The van der Waals surface area contributed by atoms with Crippen molar-refractivity contribution in [1.82, 2.24) is 9.80 Å². The molecule has 1 unspecified atom stereocenters. The largest absolute Gasteiger partial charge is 0.497 e. The first-order chi connectivity index (χ1) is 14.2. The molecule has 3 nitrogen and oxygen atoms in total. The van der Waals surface area contributed by atoms with Crippen LogP contribution in [-0.4, -0.2) is 43.1 Å². The first-order valence-electron chi connectivity index (χ1n) is 10.1. The molecular weight excluding hydrogens is 380 g/mol. The molecule has 0 spiro atoms. The van der Waals surface area contributed by atoms with Crippen LogP contribution in [0.3, 0.4) is 0 Å². The molecule has 0 bridgehead atoms. The molecule has 150 valence electrons. The Balaban J connectivity index is 1.45. The summed E-state index contributed by atoms with van der Waals surface area (Å²) in [5, 5.41) is 0.782. The molecule has 29 heavy (non-hydrogen) atoms. The first kappa shape index (κ1) is 20.0. The third-order valence-electron chi connectivity index (χ3n) is 5.64. The molecule has 1 fully saturated rings. The van der Waals surface area contributed by atoms with E-state index in [9.17, 15) is 0 Å². The van der Waals surface area contributed by atoms with E-state index in [0.717, 1.165) is 43.5 Å². The number of hydrogen-bond donors (Lipinski definition) is 0. The molecule has 1 saturated heterocycles. The van der Waals surface area contributed by atoms with Gasteiger partial charge in [0.25, 0.3) is 0 Å². The van der Waals surface area contributed by atoms with Crippen molar-refractivity contribution in [2.75, 3.05) is 33.3 Å². The van der Waals surface area contributed by atoms with Gasteiger partial charge in [-0.05, 0) is 41.0 Å². The molecule has 1 aliphatic rings. The van der Waals surface area contributed by atoms with Gasteiger partial charge >= 0.3 is 0 Å². The number of nitrogens with zero attached hydrogens (tertiary/aromatic N) is 2.